The highest BCUT2D eigenvalue weighted by atomic mass is 16.5. The lowest BCUT2D eigenvalue weighted by Gasteiger charge is -2.41. The molecule has 1 aromatic heterocycles. The van der Waals surface area contributed by atoms with Crippen molar-refractivity contribution in [3.63, 3.8) is 0 Å². The third-order valence-electron chi connectivity index (χ3n) is 5.35. The van der Waals surface area contributed by atoms with Crippen molar-refractivity contribution in [2.24, 2.45) is 7.05 Å². The van der Waals surface area contributed by atoms with Crippen LogP contribution < -0.4 is 15.4 Å². The number of benzene rings is 2. The Labute approximate surface area is 162 Å². The molecule has 0 aliphatic carbocycles. The van der Waals surface area contributed by atoms with E-state index >= 15 is 0 Å². The summed E-state index contributed by atoms with van der Waals surface area (Å²) in [6, 6.07) is 13.1. The molecular weight excluding hydrogens is 358 g/mol. The van der Waals surface area contributed by atoms with Crippen LogP contribution in [0.4, 0.5) is 5.69 Å². The maximum absolute atomic E-state index is 13.1. The van der Waals surface area contributed by atoms with Crippen molar-refractivity contribution >= 4 is 22.7 Å². The second-order valence-corrected chi connectivity index (χ2v) is 7.07. The van der Waals surface area contributed by atoms with Crippen LogP contribution in [0.15, 0.2) is 51.7 Å². The molecule has 146 valence electrons. The number of hydrogen-bond acceptors (Lipinski definition) is 5. The fourth-order valence-corrected chi connectivity index (χ4v) is 3.79. The first-order valence-electron chi connectivity index (χ1n) is 9.28. The number of ether oxygens (including phenoxy) is 1. The number of para-hydroxylation sites is 2. The fraction of sp³-hybridized carbons (Fsp3) is 0.333. The van der Waals surface area contributed by atoms with Crippen molar-refractivity contribution in [2.75, 3.05) is 31.6 Å². The molecule has 1 fully saturated rings. The Morgan fingerprint density at radius 2 is 1.96 bits per heavy atom. The van der Waals surface area contributed by atoms with Crippen molar-refractivity contribution in [1.82, 2.24) is 9.47 Å². The Kier molecular flexibility index (Phi) is 4.58. The van der Waals surface area contributed by atoms with Gasteiger partial charge in [0.1, 0.15) is 5.75 Å². The van der Waals surface area contributed by atoms with Crippen LogP contribution in [0.5, 0.6) is 5.75 Å². The van der Waals surface area contributed by atoms with Gasteiger partial charge in [0.05, 0.1) is 18.3 Å². The van der Waals surface area contributed by atoms with E-state index in [4.69, 9.17) is 9.15 Å². The largest absolute Gasteiger partial charge is 0.495 e. The molecule has 1 aliphatic rings. The van der Waals surface area contributed by atoms with Gasteiger partial charge in [-0.15, -0.1) is 0 Å². The Hall–Kier alpha value is -3.22. The minimum absolute atomic E-state index is 0.0371. The zero-order valence-corrected chi connectivity index (χ0v) is 16.2. The number of oxazole rings is 1. The van der Waals surface area contributed by atoms with Crippen LogP contribution in [0, 0.1) is 0 Å². The van der Waals surface area contributed by atoms with Gasteiger partial charge in [0, 0.05) is 38.3 Å². The number of fused-ring (bicyclic) bond motifs is 1. The van der Waals surface area contributed by atoms with E-state index in [9.17, 15) is 9.59 Å². The minimum Gasteiger partial charge on any atom is -0.495 e. The number of rotatable bonds is 3. The Balaban J connectivity index is 1.55. The lowest BCUT2D eigenvalue weighted by atomic mass is 10.1. The van der Waals surface area contributed by atoms with E-state index in [1.54, 1.807) is 32.4 Å². The monoisotopic (exact) mass is 381 g/mol. The van der Waals surface area contributed by atoms with Gasteiger partial charge in [0.15, 0.2) is 5.58 Å². The molecule has 4 rings (SSSR count). The SMILES string of the molecule is COc1ccccc1N1CCN(C(=O)c2ccc3oc(=O)n(C)c3c2)[C@@H](C)C1. The molecule has 0 N–H and O–H groups in total. The third kappa shape index (κ3) is 3.02. The van der Waals surface area contributed by atoms with Gasteiger partial charge in [0.2, 0.25) is 0 Å². The number of nitrogens with zero attached hydrogens (tertiary/aromatic N) is 3. The molecule has 0 bridgehead atoms. The second-order valence-electron chi connectivity index (χ2n) is 7.07. The molecular formula is C21H23N3O4. The summed E-state index contributed by atoms with van der Waals surface area (Å²) in [7, 11) is 3.30. The number of amides is 1. The van der Waals surface area contributed by atoms with E-state index in [1.807, 2.05) is 36.1 Å². The smallest absolute Gasteiger partial charge is 0.419 e. The van der Waals surface area contributed by atoms with Crippen molar-refractivity contribution in [3.05, 3.63) is 58.6 Å². The predicted molar refractivity (Wildman–Crippen MR) is 107 cm³/mol. The normalized spacial score (nSPS) is 17.2. The highest BCUT2D eigenvalue weighted by Crippen LogP contribution is 2.30. The Morgan fingerprint density at radius 1 is 1.18 bits per heavy atom. The van der Waals surface area contributed by atoms with Gasteiger partial charge in [-0.25, -0.2) is 4.79 Å². The van der Waals surface area contributed by atoms with E-state index in [0.29, 0.717) is 23.2 Å². The van der Waals surface area contributed by atoms with E-state index in [0.717, 1.165) is 24.5 Å². The molecule has 7 heteroatoms. The number of aryl methyl sites for hydroxylation is 1. The van der Waals surface area contributed by atoms with Gasteiger partial charge in [-0.3, -0.25) is 9.36 Å². The first-order chi connectivity index (χ1) is 13.5. The average molecular weight is 381 g/mol. The number of aromatic nitrogens is 1. The van der Waals surface area contributed by atoms with Crippen LogP contribution in [0.3, 0.4) is 0 Å². The molecule has 0 radical (unpaired) electrons. The molecule has 2 heterocycles. The molecule has 7 nitrogen and oxygen atoms in total. The molecule has 0 spiro atoms. The average Bonchev–Trinajstić information content (AvgIpc) is 3.00. The zero-order valence-electron chi connectivity index (χ0n) is 16.2. The maximum atomic E-state index is 13.1. The van der Waals surface area contributed by atoms with E-state index in [1.165, 1.54) is 4.57 Å². The predicted octanol–water partition coefficient (Wildman–Crippen LogP) is 2.49. The second kappa shape index (κ2) is 7.07. The van der Waals surface area contributed by atoms with Crippen LogP contribution in [-0.4, -0.2) is 48.2 Å². The number of carbonyl (C=O) groups is 1. The lowest BCUT2D eigenvalue weighted by molar-refractivity contribution is 0.0674. The summed E-state index contributed by atoms with van der Waals surface area (Å²) in [6.07, 6.45) is 0. The Bertz CT molecular complexity index is 1080. The van der Waals surface area contributed by atoms with Crippen LogP contribution in [-0.2, 0) is 7.05 Å². The molecule has 1 aliphatic heterocycles. The highest BCUT2D eigenvalue weighted by Gasteiger charge is 2.29. The maximum Gasteiger partial charge on any atom is 0.419 e. The summed E-state index contributed by atoms with van der Waals surface area (Å²) in [5.41, 5.74) is 2.70. The first kappa shape index (κ1) is 18.2. The van der Waals surface area contributed by atoms with Gasteiger partial charge < -0.3 is 19.0 Å². The molecule has 0 saturated carbocycles. The summed E-state index contributed by atoms with van der Waals surface area (Å²) in [5, 5.41) is 0. The summed E-state index contributed by atoms with van der Waals surface area (Å²) in [6.45, 7) is 4.10. The molecule has 1 atom stereocenters. The zero-order chi connectivity index (χ0) is 19.8. The van der Waals surface area contributed by atoms with Gasteiger partial charge in [-0.05, 0) is 37.3 Å². The van der Waals surface area contributed by atoms with Gasteiger partial charge in [-0.1, -0.05) is 12.1 Å². The number of methoxy groups -OCH3 is 1. The van der Waals surface area contributed by atoms with Crippen LogP contribution in [0.1, 0.15) is 17.3 Å². The molecule has 28 heavy (non-hydrogen) atoms. The van der Waals surface area contributed by atoms with Crippen molar-refractivity contribution in [3.8, 4) is 5.75 Å². The van der Waals surface area contributed by atoms with Crippen molar-refractivity contribution in [1.29, 1.82) is 0 Å². The summed E-state index contributed by atoms with van der Waals surface area (Å²) in [4.78, 5) is 28.9. The highest BCUT2D eigenvalue weighted by molar-refractivity contribution is 5.97. The van der Waals surface area contributed by atoms with Crippen molar-refractivity contribution in [2.45, 2.75) is 13.0 Å². The number of piperazine rings is 1. The fourth-order valence-electron chi connectivity index (χ4n) is 3.79. The van der Waals surface area contributed by atoms with Crippen LogP contribution >= 0.6 is 0 Å². The molecule has 1 amide bonds. The van der Waals surface area contributed by atoms with Crippen LogP contribution in [0.2, 0.25) is 0 Å². The first-order valence-corrected chi connectivity index (χ1v) is 9.28. The molecule has 3 aromatic rings. The summed E-state index contributed by atoms with van der Waals surface area (Å²) < 4.78 is 12.0. The molecule has 0 unspecified atom stereocenters. The number of carbonyl (C=O) groups excluding carboxylic acids is 1. The van der Waals surface area contributed by atoms with E-state index in [-0.39, 0.29) is 11.9 Å². The summed E-state index contributed by atoms with van der Waals surface area (Å²) in [5.74, 6) is 0.363. The van der Waals surface area contributed by atoms with E-state index in [2.05, 4.69) is 4.90 Å². The molecule has 2 aromatic carbocycles. The van der Waals surface area contributed by atoms with Gasteiger partial charge in [-0.2, -0.15) is 0 Å². The van der Waals surface area contributed by atoms with Gasteiger partial charge in [0.25, 0.3) is 5.91 Å². The topological polar surface area (TPSA) is 67.9 Å². The standard InChI is InChI=1S/C21H23N3O4/c1-14-13-23(16-6-4-5-7-18(16)27-3)10-11-24(14)20(25)15-8-9-19-17(12-15)22(2)21(26)28-19/h4-9,12,14H,10-11,13H2,1-3H3/t14-/m0/s1. The van der Waals surface area contributed by atoms with Gasteiger partial charge >= 0.3 is 5.76 Å². The Morgan fingerprint density at radius 3 is 2.71 bits per heavy atom. The quantitative estimate of drug-likeness (QED) is 0.697. The lowest BCUT2D eigenvalue weighted by Crippen LogP contribution is -2.54. The van der Waals surface area contributed by atoms with Crippen LogP contribution in [0.25, 0.3) is 11.1 Å². The number of hydrogen-bond donors (Lipinski definition) is 0. The number of anilines is 1. The van der Waals surface area contributed by atoms with Crippen molar-refractivity contribution < 1.29 is 13.9 Å². The minimum atomic E-state index is -0.432. The van der Waals surface area contributed by atoms with E-state index < -0.39 is 5.76 Å². The third-order valence-corrected chi connectivity index (χ3v) is 5.35. The summed E-state index contributed by atoms with van der Waals surface area (Å²) >= 11 is 0. The molecule has 1 saturated heterocycles.